The summed E-state index contributed by atoms with van der Waals surface area (Å²) in [6, 6.07) is 12.0. The van der Waals surface area contributed by atoms with E-state index in [2.05, 4.69) is 16.4 Å². The van der Waals surface area contributed by atoms with E-state index in [0.717, 1.165) is 42.8 Å². The molecule has 2 N–H and O–H groups in total. The van der Waals surface area contributed by atoms with Crippen molar-refractivity contribution in [3.63, 3.8) is 0 Å². The predicted octanol–water partition coefficient (Wildman–Crippen LogP) is 2.52. The van der Waals surface area contributed by atoms with Crippen LogP contribution in [0.15, 0.2) is 48.8 Å². The summed E-state index contributed by atoms with van der Waals surface area (Å²) in [6.45, 7) is 2.41. The van der Waals surface area contributed by atoms with E-state index in [-0.39, 0.29) is 12.0 Å². The van der Waals surface area contributed by atoms with Crippen LogP contribution in [0.1, 0.15) is 24.0 Å². The molecule has 1 aromatic heterocycles. The van der Waals surface area contributed by atoms with E-state index in [4.69, 9.17) is 4.74 Å². The van der Waals surface area contributed by atoms with Crippen LogP contribution in [0, 0.1) is 5.41 Å². The predicted molar refractivity (Wildman–Crippen MR) is 85.5 cm³/mol. The highest BCUT2D eigenvalue weighted by Crippen LogP contribution is 2.44. The molecule has 22 heavy (non-hydrogen) atoms. The Morgan fingerprint density at radius 1 is 1.18 bits per heavy atom. The highest BCUT2D eigenvalue weighted by Gasteiger charge is 2.41. The third kappa shape index (κ3) is 3.84. The maximum atomic E-state index is 9.35. The topological polar surface area (TPSA) is 54.4 Å². The van der Waals surface area contributed by atoms with Crippen molar-refractivity contribution in [1.82, 2.24) is 10.3 Å². The van der Waals surface area contributed by atoms with Crippen LogP contribution in [0.3, 0.4) is 0 Å². The molecule has 2 aromatic rings. The number of rotatable bonds is 8. The van der Waals surface area contributed by atoms with Gasteiger partial charge in [-0.15, -0.1) is 0 Å². The monoisotopic (exact) mass is 298 g/mol. The maximum Gasteiger partial charge on any atom is 0.124 e. The fourth-order valence-electron chi connectivity index (χ4n) is 2.47. The minimum atomic E-state index is 0.130. The van der Waals surface area contributed by atoms with Gasteiger partial charge in [-0.05, 0) is 25.0 Å². The maximum absolute atomic E-state index is 9.35. The van der Waals surface area contributed by atoms with Crippen molar-refractivity contribution in [2.24, 2.45) is 5.41 Å². The Morgan fingerprint density at radius 2 is 2.05 bits per heavy atom. The largest absolute Gasteiger partial charge is 0.489 e. The van der Waals surface area contributed by atoms with Gasteiger partial charge < -0.3 is 15.2 Å². The number of nitrogens with zero attached hydrogens (tertiary/aromatic N) is 1. The van der Waals surface area contributed by atoms with E-state index < -0.39 is 0 Å². The zero-order chi connectivity index (χ0) is 15.3. The van der Waals surface area contributed by atoms with Crippen LogP contribution in [0.5, 0.6) is 5.75 Å². The van der Waals surface area contributed by atoms with Crippen molar-refractivity contribution < 1.29 is 9.84 Å². The fourth-order valence-corrected chi connectivity index (χ4v) is 2.47. The summed E-state index contributed by atoms with van der Waals surface area (Å²) in [5.74, 6) is 0.896. The van der Waals surface area contributed by atoms with Crippen LogP contribution >= 0.6 is 0 Å². The lowest BCUT2D eigenvalue weighted by Gasteiger charge is -2.15. The molecule has 1 saturated carbocycles. The summed E-state index contributed by atoms with van der Waals surface area (Å²) in [5.41, 5.74) is 2.33. The van der Waals surface area contributed by atoms with Crippen LogP contribution in [0.2, 0.25) is 0 Å². The van der Waals surface area contributed by atoms with Crippen molar-refractivity contribution >= 4 is 0 Å². The standard InChI is InChI=1S/C18H22N2O2/c21-14-18(7-8-18)13-20-11-16-5-1-2-6-17(16)22-12-15-4-3-9-19-10-15/h1-6,9-10,20-21H,7-8,11-14H2. The number of aliphatic hydroxyl groups is 1. The number of hydrogen-bond donors (Lipinski definition) is 2. The first-order valence-corrected chi connectivity index (χ1v) is 7.73. The lowest BCUT2D eigenvalue weighted by atomic mass is 10.1. The zero-order valence-electron chi connectivity index (χ0n) is 12.7. The second kappa shape index (κ2) is 6.90. The number of hydrogen-bond acceptors (Lipinski definition) is 4. The number of benzene rings is 1. The Balaban J connectivity index is 1.55. The van der Waals surface area contributed by atoms with Gasteiger partial charge in [0.05, 0.1) is 0 Å². The molecular formula is C18H22N2O2. The molecule has 4 heteroatoms. The van der Waals surface area contributed by atoms with E-state index in [9.17, 15) is 5.11 Å². The van der Waals surface area contributed by atoms with E-state index in [1.54, 1.807) is 6.20 Å². The number of aliphatic hydroxyl groups excluding tert-OH is 1. The molecule has 1 fully saturated rings. The molecule has 1 aliphatic rings. The van der Waals surface area contributed by atoms with Crippen LogP contribution in [0.4, 0.5) is 0 Å². The van der Waals surface area contributed by atoms with Gasteiger partial charge in [0.25, 0.3) is 0 Å². The number of pyridine rings is 1. The van der Waals surface area contributed by atoms with Gasteiger partial charge in [0.15, 0.2) is 0 Å². The SMILES string of the molecule is OCC1(CNCc2ccccc2OCc2cccnc2)CC1. The molecule has 0 unspecified atom stereocenters. The zero-order valence-corrected chi connectivity index (χ0v) is 12.7. The van der Waals surface area contributed by atoms with Crippen molar-refractivity contribution in [1.29, 1.82) is 0 Å². The molecule has 0 amide bonds. The number of para-hydroxylation sites is 1. The molecule has 0 radical (unpaired) electrons. The van der Waals surface area contributed by atoms with Crippen LogP contribution in [0.25, 0.3) is 0 Å². The Morgan fingerprint density at radius 3 is 2.77 bits per heavy atom. The molecule has 0 saturated heterocycles. The molecule has 1 aliphatic carbocycles. The second-order valence-corrected chi connectivity index (χ2v) is 6.02. The summed E-state index contributed by atoms with van der Waals surface area (Å²) in [7, 11) is 0. The van der Waals surface area contributed by atoms with Gasteiger partial charge in [-0.3, -0.25) is 4.98 Å². The Hall–Kier alpha value is -1.91. The van der Waals surface area contributed by atoms with Gasteiger partial charge in [-0.25, -0.2) is 0 Å². The van der Waals surface area contributed by atoms with Crippen molar-refractivity contribution in [3.05, 3.63) is 59.9 Å². The van der Waals surface area contributed by atoms with Gasteiger partial charge in [0, 0.05) is 48.6 Å². The molecule has 116 valence electrons. The first kappa shape index (κ1) is 15.0. The highest BCUT2D eigenvalue weighted by atomic mass is 16.5. The summed E-state index contributed by atoms with van der Waals surface area (Å²) in [4.78, 5) is 4.10. The minimum absolute atomic E-state index is 0.130. The normalized spacial score (nSPS) is 15.5. The van der Waals surface area contributed by atoms with Gasteiger partial charge >= 0.3 is 0 Å². The Labute approximate surface area is 131 Å². The average Bonchev–Trinajstić information content (AvgIpc) is 3.35. The molecule has 1 heterocycles. The molecular weight excluding hydrogens is 276 g/mol. The second-order valence-electron chi connectivity index (χ2n) is 6.02. The summed E-state index contributed by atoms with van der Waals surface area (Å²) in [6.07, 6.45) is 5.82. The summed E-state index contributed by atoms with van der Waals surface area (Å²) < 4.78 is 5.92. The van der Waals surface area contributed by atoms with E-state index >= 15 is 0 Å². The lowest BCUT2D eigenvalue weighted by Crippen LogP contribution is -2.26. The van der Waals surface area contributed by atoms with Gasteiger partial charge in [-0.2, -0.15) is 0 Å². The quantitative estimate of drug-likeness (QED) is 0.786. The molecule has 0 spiro atoms. The molecule has 0 bridgehead atoms. The van der Waals surface area contributed by atoms with Crippen LogP contribution < -0.4 is 10.1 Å². The number of nitrogens with one attached hydrogen (secondary N) is 1. The molecule has 4 nitrogen and oxygen atoms in total. The number of ether oxygens (including phenoxy) is 1. The molecule has 1 aromatic carbocycles. The third-order valence-corrected chi connectivity index (χ3v) is 4.20. The van der Waals surface area contributed by atoms with Gasteiger partial charge in [0.2, 0.25) is 0 Å². The van der Waals surface area contributed by atoms with Crippen molar-refractivity contribution in [2.75, 3.05) is 13.2 Å². The lowest BCUT2D eigenvalue weighted by molar-refractivity contribution is 0.207. The fraction of sp³-hybridized carbons (Fsp3) is 0.389. The average molecular weight is 298 g/mol. The molecule has 3 rings (SSSR count). The molecule has 0 aliphatic heterocycles. The summed E-state index contributed by atoms with van der Waals surface area (Å²) in [5, 5.41) is 12.8. The third-order valence-electron chi connectivity index (χ3n) is 4.20. The Kier molecular flexibility index (Phi) is 4.71. The highest BCUT2D eigenvalue weighted by molar-refractivity contribution is 5.33. The van der Waals surface area contributed by atoms with E-state index in [0.29, 0.717) is 6.61 Å². The van der Waals surface area contributed by atoms with Crippen molar-refractivity contribution in [2.45, 2.75) is 26.0 Å². The first-order chi connectivity index (χ1) is 10.8. The van der Waals surface area contributed by atoms with Gasteiger partial charge in [-0.1, -0.05) is 24.3 Å². The van der Waals surface area contributed by atoms with Gasteiger partial charge in [0.1, 0.15) is 12.4 Å². The molecule has 0 atom stereocenters. The van der Waals surface area contributed by atoms with E-state index in [1.165, 1.54) is 0 Å². The van der Waals surface area contributed by atoms with Crippen LogP contribution in [-0.4, -0.2) is 23.2 Å². The number of aromatic nitrogens is 1. The minimum Gasteiger partial charge on any atom is -0.489 e. The smallest absolute Gasteiger partial charge is 0.124 e. The van der Waals surface area contributed by atoms with E-state index in [1.807, 2.05) is 36.5 Å². The summed E-state index contributed by atoms with van der Waals surface area (Å²) >= 11 is 0. The van der Waals surface area contributed by atoms with Crippen molar-refractivity contribution in [3.8, 4) is 5.75 Å². The Bertz CT molecular complexity index is 597. The first-order valence-electron chi connectivity index (χ1n) is 7.73. The van der Waals surface area contributed by atoms with Crippen LogP contribution in [-0.2, 0) is 13.2 Å².